The van der Waals surface area contributed by atoms with Gasteiger partial charge in [-0.1, -0.05) is 0 Å². The van der Waals surface area contributed by atoms with Gasteiger partial charge in [-0.15, -0.1) is 0 Å². The minimum absolute atomic E-state index is 0. The van der Waals surface area contributed by atoms with E-state index in [0.29, 0.717) is 6.26 Å². The maximum atomic E-state index is 10.5. The first-order valence-electron chi connectivity index (χ1n) is 2.67. The van der Waals surface area contributed by atoms with Gasteiger partial charge in [0.1, 0.15) is 12.3 Å². The van der Waals surface area contributed by atoms with Crippen LogP contribution < -0.4 is 0 Å². The Morgan fingerprint density at radius 1 is 1.82 bits per heavy atom. The summed E-state index contributed by atoms with van der Waals surface area (Å²) in [6.07, 6.45) is 0.429. The molecule has 1 N–H and O–H groups in total. The molecular formula is C6H8NNaO3. The number of aliphatic hydroxyl groups is 1. The molecule has 0 amide bonds. The summed E-state index contributed by atoms with van der Waals surface area (Å²) in [6, 6.07) is 1.47. The molecule has 0 unspecified atom stereocenters. The van der Waals surface area contributed by atoms with E-state index in [0.717, 1.165) is 0 Å². The molecule has 0 bridgehead atoms. The quantitative estimate of drug-likeness (QED) is 0.203. The molecule has 0 aromatic carbocycles. The molecule has 0 aromatic rings. The molecule has 4 nitrogen and oxygen atoms in total. The van der Waals surface area contributed by atoms with Gasteiger partial charge in [0.05, 0.1) is 6.61 Å². The van der Waals surface area contributed by atoms with Gasteiger partial charge in [-0.2, -0.15) is 5.26 Å². The molecule has 0 aliphatic rings. The Hall–Kier alpha value is -0.500. The number of hydrogen-bond donors (Lipinski definition) is 1. The Labute approximate surface area is 86.7 Å². The number of carbonyl (C=O) groups is 1. The van der Waals surface area contributed by atoms with Crippen molar-refractivity contribution in [3.63, 3.8) is 0 Å². The van der Waals surface area contributed by atoms with Gasteiger partial charge in [-0.3, -0.25) is 0 Å². The molecule has 56 valence electrons. The molecule has 0 aliphatic heterocycles. The van der Waals surface area contributed by atoms with Crippen molar-refractivity contribution >= 4 is 35.5 Å². The molecule has 0 heterocycles. The second-order valence-corrected chi connectivity index (χ2v) is 1.38. The zero-order valence-corrected chi connectivity index (χ0v) is 5.50. The second kappa shape index (κ2) is 7.61. The first-order chi connectivity index (χ1) is 4.76. The van der Waals surface area contributed by atoms with Gasteiger partial charge in [0.15, 0.2) is 5.57 Å². The summed E-state index contributed by atoms with van der Waals surface area (Å²) in [5.41, 5.74) is -0.387. The van der Waals surface area contributed by atoms with Gasteiger partial charge in [-0.25, -0.2) is 4.79 Å². The van der Waals surface area contributed by atoms with Crippen molar-refractivity contribution in [2.45, 2.75) is 6.92 Å². The topological polar surface area (TPSA) is 70.3 Å². The van der Waals surface area contributed by atoms with Crippen LogP contribution in [0.2, 0.25) is 0 Å². The fourth-order valence-corrected chi connectivity index (χ4v) is 0.336. The van der Waals surface area contributed by atoms with Crippen LogP contribution in [-0.2, 0) is 9.53 Å². The average Bonchev–Trinajstić information content (AvgIpc) is 1.91. The summed E-state index contributed by atoms with van der Waals surface area (Å²) in [7, 11) is 0. The Morgan fingerprint density at radius 2 is 2.36 bits per heavy atom. The van der Waals surface area contributed by atoms with Crippen LogP contribution in [0.3, 0.4) is 0 Å². The summed E-state index contributed by atoms with van der Waals surface area (Å²) in [5, 5.41) is 16.4. The molecule has 0 fully saturated rings. The number of esters is 1. The Bertz CT molecular complexity index is 194. The Morgan fingerprint density at radius 3 is 2.64 bits per heavy atom. The van der Waals surface area contributed by atoms with Crippen LogP contribution in [0.25, 0.3) is 0 Å². The molecule has 5 heteroatoms. The van der Waals surface area contributed by atoms with Crippen molar-refractivity contribution in [1.82, 2.24) is 0 Å². The maximum absolute atomic E-state index is 10.5. The SMILES string of the molecule is CCOC(=O)/C(C#N)=C\O.[NaH]. The fourth-order valence-electron chi connectivity index (χ4n) is 0.336. The van der Waals surface area contributed by atoms with Crippen molar-refractivity contribution in [1.29, 1.82) is 5.26 Å². The van der Waals surface area contributed by atoms with Gasteiger partial charge in [0, 0.05) is 0 Å². The van der Waals surface area contributed by atoms with Gasteiger partial charge in [0.25, 0.3) is 0 Å². The summed E-state index contributed by atoms with van der Waals surface area (Å²) in [6.45, 7) is 1.81. The number of hydrogen-bond acceptors (Lipinski definition) is 4. The standard InChI is InChI=1S/C6H7NO3.Na.H/c1-2-10-6(9)5(3-7)4-8;;/h4,8H,2H2,1H3;;/b5-4-;;. The van der Waals surface area contributed by atoms with E-state index in [4.69, 9.17) is 10.4 Å². The number of nitriles is 1. The van der Waals surface area contributed by atoms with E-state index in [2.05, 4.69) is 4.74 Å². The van der Waals surface area contributed by atoms with Crippen LogP contribution in [0.4, 0.5) is 0 Å². The molecular weight excluding hydrogens is 157 g/mol. The van der Waals surface area contributed by atoms with E-state index in [9.17, 15) is 4.79 Å². The number of rotatable bonds is 2. The van der Waals surface area contributed by atoms with Gasteiger partial charge < -0.3 is 9.84 Å². The molecule has 0 radical (unpaired) electrons. The van der Waals surface area contributed by atoms with E-state index < -0.39 is 5.97 Å². The van der Waals surface area contributed by atoms with Gasteiger partial charge >= 0.3 is 35.5 Å². The predicted molar refractivity (Wildman–Crippen MR) is 40.1 cm³/mol. The van der Waals surface area contributed by atoms with E-state index in [-0.39, 0.29) is 41.7 Å². The average molecular weight is 165 g/mol. The first-order valence-corrected chi connectivity index (χ1v) is 2.67. The summed E-state index contributed by atoms with van der Waals surface area (Å²) >= 11 is 0. The van der Waals surface area contributed by atoms with Crippen LogP contribution in [0.1, 0.15) is 6.92 Å². The fraction of sp³-hybridized carbons (Fsp3) is 0.333. The number of ether oxygens (including phenoxy) is 1. The molecule has 0 aromatic heterocycles. The van der Waals surface area contributed by atoms with Crippen molar-refractivity contribution in [3.05, 3.63) is 11.8 Å². The summed E-state index contributed by atoms with van der Waals surface area (Å²) in [4.78, 5) is 10.5. The third-order valence-corrected chi connectivity index (χ3v) is 0.745. The Kier molecular flexibility index (Phi) is 9.07. The van der Waals surface area contributed by atoms with E-state index in [1.54, 1.807) is 6.92 Å². The third-order valence-electron chi connectivity index (χ3n) is 0.745. The Balaban J connectivity index is 0. The molecule has 0 atom stereocenters. The zero-order valence-electron chi connectivity index (χ0n) is 5.50. The van der Waals surface area contributed by atoms with Crippen LogP contribution >= 0.6 is 0 Å². The molecule has 11 heavy (non-hydrogen) atoms. The van der Waals surface area contributed by atoms with Gasteiger partial charge in [0.2, 0.25) is 0 Å². The summed E-state index contributed by atoms with van der Waals surface area (Å²) in [5.74, 6) is -0.799. The van der Waals surface area contributed by atoms with Crippen molar-refractivity contribution in [2.24, 2.45) is 0 Å². The first kappa shape index (κ1) is 13.1. The van der Waals surface area contributed by atoms with E-state index in [1.807, 2.05) is 0 Å². The number of carbonyl (C=O) groups excluding carboxylic acids is 1. The normalized spacial score (nSPS) is 9.27. The monoisotopic (exact) mass is 165 g/mol. The van der Waals surface area contributed by atoms with Crippen LogP contribution in [0.15, 0.2) is 11.8 Å². The summed E-state index contributed by atoms with van der Waals surface area (Å²) < 4.78 is 4.40. The van der Waals surface area contributed by atoms with E-state index in [1.165, 1.54) is 6.07 Å². The van der Waals surface area contributed by atoms with E-state index >= 15 is 0 Å². The predicted octanol–water partition coefficient (Wildman–Crippen LogP) is -0.134. The van der Waals surface area contributed by atoms with Crippen molar-refractivity contribution in [3.8, 4) is 6.07 Å². The molecule has 0 spiro atoms. The molecule has 0 saturated carbocycles. The number of aliphatic hydroxyl groups excluding tert-OH is 1. The third kappa shape index (κ3) is 4.85. The molecule has 0 saturated heterocycles. The number of nitrogens with zero attached hydrogens (tertiary/aromatic N) is 1. The van der Waals surface area contributed by atoms with Crippen LogP contribution in [-0.4, -0.2) is 47.2 Å². The minimum atomic E-state index is -0.799. The van der Waals surface area contributed by atoms with Crippen LogP contribution in [0.5, 0.6) is 0 Å². The zero-order chi connectivity index (χ0) is 7.98. The van der Waals surface area contributed by atoms with Crippen molar-refractivity contribution in [2.75, 3.05) is 6.61 Å². The van der Waals surface area contributed by atoms with Crippen molar-refractivity contribution < 1.29 is 14.6 Å². The molecule has 0 rings (SSSR count). The van der Waals surface area contributed by atoms with Crippen LogP contribution in [0, 0.1) is 11.3 Å². The molecule has 0 aliphatic carbocycles. The second-order valence-electron chi connectivity index (χ2n) is 1.38. The van der Waals surface area contributed by atoms with Gasteiger partial charge in [-0.05, 0) is 6.92 Å².